The summed E-state index contributed by atoms with van der Waals surface area (Å²) in [5.74, 6) is 0.788. The van der Waals surface area contributed by atoms with Crippen molar-refractivity contribution >= 4 is 17.7 Å². The van der Waals surface area contributed by atoms with Crippen molar-refractivity contribution in [2.75, 3.05) is 18.6 Å². The summed E-state index contributed by atoms with van der Waals surface area (Å²) >= 11 is 1.64. The number of carbonyl (C=O) groups excluding carboxylic acids is 1. The van der Waals surface area contributed by atoms with Crippen molar-refractivity contribution < 1.29 is 9.90 Å². The van der Waals surface area contributed by atoms with Crippen LogP contribution >= 0.6 is 11.8 Å². The minimum Gasteiger partial charge on any atom is -0.394 e. The van der Waals surface area contributed by atoms with Gasteiger partial charge in [0.15, 0.2) is 0 Å². The lowest BCUT2D eigenvalue weighted by molar-refractivity contribution is -0.121. The van der Waals surface area contributed by atoms with E-state index in [2.05, 4.69) is 5.32 Å². The monoisotopic (exact) mass is 239 g/mol. The molecule has 0 aliphatic rings. The van der Waals surface area contributed by atoms with E-state index in [1.807, 2.05) is 36.6 Å². The second kappa shape index (κ2) is 7.30. The fourth-order valence-electron chi connectivity index (χ4n) is 1.38. The van der Waals surface area contributed by atoms with E-state index in [4.69, 9.17) is 0 Å². The Hall–Kier alpha value is -1.00. The molecule has 1 atom stereocenters. The maximum absolute atomic E-state index is 11.5. The molecule has 0 aliphatic carbocycles. The van der Waals surface area contributed by atoms with Gasteiger partial charge in [0.05, 0.1) is 12.6 Å². The molecule has 0 bridgehead atoms. The van der Waals surface area contributed by atoms with Crippen LogP contribution in [0.3, 0.4) is 0 Å². The molecule has 88 valence electrons. The van der Waals surface area contributed by atoms with Gasteiger partial charge in [0.25, 0.3) is 0 Å². The third-order valence-electron chi connectivity index (χ3n) is 2.25. The normalized spacial score (nSPS) is 12.1. The van der Waals surface area contributed by atoms with Crippen LogP contribution in [0.25, 0.3) is 0 Å². The van der Waals surface area contributed by atoms with Crippen LogP contribution in [-0.4, -0.2) is 29.6 Å². The average Bonchev–Trinajstić information content (AvgIpc) is 2.34. The minimum atomic E-state index is -0.296. The minimum absolute atomic E-state index is 0.0164. The second-order valence-corrected chi connectivity index (χ2v) is 4.44. The highest BCUT2D eigenvalue weighted by Gasteiger charge is 2.12. The van der Waals surface area contributed by atoms with Crippen LogP contribution in [0.5, 0.6) is 0 Å². The molecule has 0 aliphatic heterocycles. The van der Waals surface area contributed by atoms with Crippen LogP contribution in [0.2, 0.25) is 0 Å². The van der Waals surface area contributed by atoms with Crippen LogP contribution in [-0.2, 0) is 4.79 Å². The summed E-state index contributed by atoms with van der Waals surface area (Å²) in [4.78, 5) is 11.5. The number of aliphatic hydroxyl groups is 1. The van der Waals surface area contributed by atoms with Gasteiger partial charge in [0, 0.05) is 12.2 Å². The molecule has 2 N–H and O–H groups in total. The number of hydrogen-bond acceptors (Lipinski definition) is 3. The molecule has 1 rings (SSSR count). The van der Waals surface area contributed by atoms with Crippen molar-refractivity contribution in [2.24, 2.45) is 0 Å². The average molecular weight is 239 g/mol. The Balaban J connectivity index is 2.52. The standard InChI is InChI=1S/C12H17NO2S/c1-16-8-7-12(15)13-11(9-14)10-5-3-2-4-6-10/h2-6,11,14H,7-9H2,1H3,(H,13,15). The Bertz CT molecular complexity index is 316. The van der Waals surface area contributed by atoms with Crippen LogP contribution in [0, 0.1) is 0 Å². The van der Waals surface area contributed by atoms with Gasteiger partial charge in [-0.1, -0.05) is 30.3 Å². The number of thioether (sulfide) groups is 1. The first kappa shape index (κ1) is 13.1. The van der Waals surface area contributed by atoms with Gasteiger partial charge in [-0.25, -0.2) is 0 Å². The number of amides is 1. The molecule has 0 radical (unpaired) electrons. The van der Waals surface area contributed by atoms with Gasteiger partial charge in [0.2, 0.25) is 5.91 Å². The number of aliphatic hydroxyl groups excluding tert-OH is 1. The Morgan fingerprint density at radius 3 is 2.69 bits per heavy atom. The molecule has 0 aromatic heterocycles. The second-order valence-electron chi connectivity index (χ2n) is 3.46. The predicted molar refractivity (Wildman–Crippen MR) is 67.4 cm³/mol. The van der Waals surface area contributed by atoms with Crippen molar-refractivity contribution in [1.29, 1.82) is 0 Å². The molecule has 0 spiro atoms. The first-order valence-electron chi connectivity index (χ1n) is 5.22. The van der Waals surface area contributed by atoms with Crippen molar-refractivity contribution in [1.82, 2.24) is 5.32 Å². The summed E-state index contributed by atoms with van der Waals surface area (Å²) in [6.45, 7) is -0.0744. The molecule has 4 heteroatoms. The highest BCUT2D eigenvalue weighted by Crippen LogP contribution is 2.11. The number of benzene rings is 1. The van der Waals surface area contributed by atoms with E-state index in [9.17, 15) is 9.90 Å². The molecule has 1 unspecified atom stereocenters. The maximum Gasteiger partial charge on any atom is 0.221 e. The number of hydrogen-bond donors (Lipinski definition) is 2. The van der Waals surface area contributed by atoms with Gasteiger partial charge < -0.3 is 10.4 Å². The largest absolute Gasteiger partial charge is 0.394 e. The van der Waals surface area contributed by atoms with Crippen molar-refractivity contribution in [2.45, 2.75) is 12.5 Å². The molecule has 0 saturated heterocycles. The molecule has 0 saturated carbocycles. The third-order valence-corrected chi connectivity index (χ3v) is 2.87. The summed E-state index contributed by atoms with van der Waals surface area (Å²) in [6.07, 6.45) is 2.46. The van der Waals surface area contributed by atoms with E-state index >= 15 is 0 Å². The van der Waals surface area contributed by atoms with Crippen molar-refractivity contribution in [3.8, 4) is 0 Å². The Labute approximate surface area is 100 Å². The lowest BCUT2D eigenvalue weighted by Crippen LogP contribution is -2.30. The van der Waals surface area contributed by atoms with E-state index in [-0.39, 0.29) is 18.6 Å². The van der Waals surface area contributed by atoms with Crippen molar-refractivity contribution in [3.63, 3.8) is 0 Å². The summed E-state index contributed by atoms with van der Waals surface area (Å²) in [5, 5.41) is 12.0. The molecular formula is C12H17NO2S. The van der Waals surface area contributed by atoms with E-state index in [0.29, 0.717) is 6.42 Å². The molecule has 0 heterocycles. The molecule has 1 amide bonds. The highest BCUT2D eigenvalue weighted by molar-refractivity contribution is 7.98. The van der Waals surface area contributed by atoms with Gasteiger partial charge >= 0.3 is 0 Å². The fraction of sp³-hybridized carbons (Fsp3) is 0.417. The zero-order valence-corrected chi connectivity index (χ0v) is 10.2. The van der Waals surface area contributed by atoms with Gasteiger partial charge in [-0.3, -0.25) is 4.79 Å². The van der Waals surface area contributed by atoms with E-state index < -0.39 is 0 Å². The van der Waals surface area contributed by atoms with Crippen LogP contribution in [0.1, 0.15) is 18.0 Å². The zero-order chi connectivity index (χ0) is 11.8. The zero-order valence-electron chi connectivity index (χ0n) is 9.35. The fourth-order valence-corrected chi connectivity index (χ4v) is 1.77. The molecule has 1 aromatic rings. The third kappa shape index (κ3) is 4.24. The number of carbonyl (C=O) groups is 1. The number of nitrogens with one attached hydrogen (secondary N) is 1. The molecule has 0 fully saturated rings. The maximum atomic E-state index is 11.5. The molecule has 16 heavy (non-hydrogen) atoms. The van der Waals surface area contributed by atoms with E-state index in [1.54, 1.807) is 11.8 Å². The summed E-state index contributed by atoms with van der Waals surface area (Å²) in [7, 11) is 0. The molecule has 1 aromatic carbocycles. The SMILES string of the molecule is CSCCC(=O)NC(CO)c1ccccc1. The number of rotatable bonds is 6. The quantitative estimate of drug-likeness (QED) is 0.792. The van der Waals surface area contributed by atoms with Gasteiger partial charge in [-0.15, -0.1) is 0 Å². The lowest BCUT2D eigenvalue weighted by atomic mass is 10.1. The predicted octanol–water partition coefficient (Wildman–Crippen LogP) is 1.59. The molecular weight excluding hydrogens is 222 g/mol. The highest BCUT2D eigenvalue weighted by atomic mass is 32.2. The molecule has 3 nitrogen and oxygen atoms in total. The van der Waals surface area contributed by atoms with Crippen molar-refractivity contribution in [3.05, 3.63) is 35.9 Å². The van der Waals surface area contributed by atoms with E-state index in [0.717, 1.165) is 11.3 Å². The smallest absolute Gasteiger partial charge is 0.221 e. The Kier molecular flexibility index (Phi) is 5.96. The topological polar surface area (TPSA) is 49.3 Å². The van der Waals surface area contributed by atoms with Crippen LogP contribution in [0.4, 0.5) is 0 Å². The van der Waals surface area contributed by atoms with Gasteiger partial charge in [0.1, 0.15) is 0 Å². The van der Waals surface area contributed by atoms with Gasteiger partial charge in [-0.05, 0) is 11.8 Å². The lowest BCUT2D eigenvalue weighted by Gasteiger charge is -2.16. The summed E-state index contributed by atoms with van der Waals surface area (Å²) in [6, 6.07) is 9.20. The Morgan fingerprint density at radius 2 is 2.12 bits per heavy atom. The van der Waals surface area contributed by atoms with Crippen LogP contribution in [0.15, 0.2) is 30.3 Å². The van der Waals surface area contributed by atoms with E-state index in [1.165, 1.54) is 0 Å². The Morgan fingerprint density at radius 1 is 1.44 bits per heavy atom. The van der Waals surface area contributed by atoms with Gasteiger partial charge in [-0.2, -0.15) is 11.8 Å². The summed E-state index contributed by atoms with van der Waals surface area (Å²) in [5.41, 5.74) is 0.933. The first-order valence-corrected chi connectivity index (χ1v) is 6.61. The summed E-state index contributed by atoms with van der Waals surface area (Å²) < 4.78 is 0. The first-order chi connectivity index (χ1) is 7.77. The van der Waals surface area contributed by atoms with Crippen LogP contribution < -0.4 is 5.32 Å².